The number of nitrogens with zero attached hydrogens (tertiary/aromatic N) is 2. The van der Waals surface area contributed by atoms with Crippen LogP contribution in [-0.2, 0) is 12.8 Å². The van der Waals surface area contributed by atoms with Crippen LogP contribution in [0.25, 0.3) is 10.9 Å². The second kappa shape index (κ2) is 6.73. The molecule has 140 valence electrons. The van der Waals surface area contributed by atoms with Crippen LogP contribution in [0.3, 0.4) is 0 Å². The number of nitrogens with two attached hydrogens (primary N) is 1. The monoisotopic (exact) mass is 353 g/mol. The van der Waals surface area contributed by atoms with Crippen LogP contribution in [0.1, 0.15) is 49.8 Å². The summed E-state index contributed by atoms with van der Waals surface area (Å²) in [6.45, 7) is 11.2. The van der Waals surface area contributed by atoms with E-state index in [2.05, 4.69) is 37.8 Å². The molecule has 0 spiro atoms. The lowest BCUT2D eigenvalue weighted by molar-refractivity contribution is 0.262. The number of aryl methyl sites for hydroxylation is 1. The molecule has 4 rings (SSSR count). The summed E-state index contributed by atoms with van der Waals surface area (Å²) in [7, 11) is 0. The van der Waals surface area contributed by atoms with E-state index in [9.17, 15) is 0 Å². The van der Waals surface area contributed by atoms with Gasteiger partial charge in [-0.2, -0.15) is 0 Å². The molecule has 0 bridgehead atoms. The van der Waals surface area contributed by atoms with Gasteiger partial charge in [0, 0.05) is 18.0 Å². The SMILES string of the molecule is Cc1cc2c3c(c(N)nc2cc1OCCCN1CCCC1)CC(C)(C)C3. The third-order valence-corrected chi connectivity index (χ3v) is 5.92. The molecule has 4 nitrogen and oxygen atoms in total. The minimum atomic E-state index is 0.269. The van der Waals surface area contributed by atoms with Gasteiger partial charge in [-0.25, -0.2) is 4.98 Å². The van der Waals surface area contributed by atoms with Crippen LogP contribution < -0.4 is 10.5 Å². The van der Waals surface area contributed by atoms with Gasteiger partial charge >= 0.3 is 0 Å². The van der Waals surface area contributed by atoms with Crippen molar-refractivity contribution in [1.29, 1.82) is 0 Å². The number of anilines is 1. The number of likely N-dealkylation sites (tertiary alicyclic amines) is 1. The van der Waals surface area contributed by atoms with Gasteiger partial charge in [0.1, 0.15) is 11.6 Å². The van der Waals surface area contributed by atoms with Crippen LogP contribution in [0.4, 0.5) is 5.82 Å². The van der Waals surface area contributed by atoms with E-state index in [1.807, 2.05) is 0 Å². The smallest absolute Gasteiger partial charge is 0.127 e. The van der Waals surface area contributed by atoms with Crippen molar-refractivity contribution < 1.29 is 4.74 Å². The fraction of sp³-hybridized carbons (Fsp3) is 0.591. The highest BCUT2D eigenvalue weighted by molar-refractivity contribution is 5.88. The summed E-state index contributed by atoms with van der Waals surface area (Å²) >= 11 is 0. The maximum atomic E-state index is 6.28. The van der Waals surface area contributed by atoms with Crippen LogP contribution in [-0.4, -0.2) is 36.1 Å². The van der Waals surface area contributed by atoms with Gasteiger partial charge in [-0.15, -0.1) is 0 Å². The molecule has 4 heteroatoms. The summed E-state index contributed by atoms with van der Waals surface area (Å²) in [5, 5.41) is 1.25. The largest absolute Gasteiger partial charge is 0.493 e. The Bertz CT molecular complexity index is 822. The Kier molecular flexibility index (Phi) is 4.55. The van der Waals surface area contributed by atoms with Crippen molar-refractivity contribution in [1.82, 2.24) is 9.88 Å². The van der Waals surface area contributed by atoms with E-state index in [1.165, 1.54) is 48.0 Å². The Balaban J connectivity index is 1.52. The third kappa shape index (κ3) is 3.39. The Morgan fingerprint density at radius 2 is 1.88 bits per heavy atom. The molecule has 26 heavy (non-hydrogen) atoms. The van der Waals surface area contributed by atoms with Crippen molar-refractivity contribution in [3.63, 3.8) is 0 Å². The first kappa shape index (κ1) is 17.6. The number of fused-ring (bicyclic) bond motifs is 3. The highest BCUT2D eigenvalue weighted by Gasteiger charge is 2.32. The quantitative estimate of drug-likeness (QED) is 0.822. The van der Waals surface area contributed by atoms with E-state index < -0.39 is 0 Å². The zero-order valence-corrected chi connectivity index (χ0v) is 16.4. The maximum Gasteiger partial charge on any atom is 0.127 e. The number of rotatable bonds is 5. The minimum absolute atomic E-state index is 0.269. The highest BCUT2D eigenvalue weighted by atomic mass is 16.5. The molecule has 1 fully saturated rings. The Hall–Kier alpha value is -1.81. The van der Waals surface area contributed by atoms with E-state index in [4.69, 9.17) is 15.5 Å². The fourth-order valence-electron chi connectivity index (χ4n) is 4.58. The van der Waals surface area contributed by atoms with Crippen molar-refractivity contribution in [2.45, 2.75) is 52.9 Å². The van der Waals surface area contributed by atoms with Gasteiger partial charge in [-0.1, -0.05) is 13.8 Å². The van der Waals surface area contributed by atoms with Crippen molar-refractivity contribution in [3.8, 4) is 5.75 Å². The second-order valence-corrected chi connectivity index (χ2v) is 8.86. The molecule has 1 aromatic heterocycles. The zero-order valence-electron chi connectivity index (χ0n) is 16.4. The first-order valence-electron chi connectivity index (χ1n) is 10.00. The van der Waals surface area contributed by atoms with Crippen LogP contribution in [0, 0.1) is 12.3 Å². The lowest BCUT2D eigenvalue weighted by Crippen LogP contribution is -2.22. The molecule has 2 heterocycles. The van der Waals surface area contributed by atoms with E-state index in [1.54, 1.807) is 0 Å². The van der Waals surface area contributed by atoms with Gasteiger partial charge in [0.15, 0.2) is 0 Å². The van der Waals surface area contributed by atoms with Crippen molar-refractivity contribution in [2.75, 3.05) is 32.0 Å². The molecule has 1 aromatic carbocycles. The predicted molar refractivity (Wildman–Crippen MR) is 108 cm³/mol. The maximum absolute atomic E-state index is 6.28. The van der Waals surface area contributed by atoms with Crippen LogP contribution >= 0.6 is 0 Å². The van der Waals surface area contributed by atoms with Crippen LogP contribution in [0.5, 0.6) is 5.75 Å². The lowest BCUT2D eigenvalue weighted by Gasteiger charge is -2.16. The van der Waals surface area contributed by atoms with E-state index in [0.29, 0.717) is 5.82 Å². The summed E-state index contributed by atoms with van der Waals surface area (Å²) < 4.78 is 6.10. The van der Waals surface area contributed by atoms with Gasteiger partial charge in [-0.3, -0.25) is 0 Å². The van der Waals surface area contributed by atoms with Gasteiger partial charge in [0.25, 0.3) is 0 Å². The number of hydrogen-bond acceptors (Lipinski definition) is 4. The first-order valence-corrected chi connectivity index (χ1v) is 10.00. The molecule has 0 saturated carbocycles. The second-order valence-electron chi connectivity index (χ2n) is 8.86. The summed E-state index contributed by atoms with van der Waals surface area (Å²) in [6, 6.07) is 4.33. The molecule has 1 saturated heterocycles. The summed E-state index contributed by atoms with van der Waals surface area (Å²) in [5.41, 5.74) is 11.4. The number of benzene rings is 1. The summed E-state index contributed by atoms with van der Waals surface area (Å²) in [4.78, 5) is 7.23. The molecule has 0 atom stereocenters. The molecule has 2 N–H and O–H groups in total. The molecule has 2 aliphatic rings. The molecular formula is C22H31N3O. The van der Waals surface area contributed by atoms with Crippen LogP contribution in [0.15, 0.2) is 12.1 Å². The molecular weight excluding hydrogens is 322 g/mol. The molecule has 1 aliphatic carbocycles. The molecule has 2 aromatic rings. The third-order valence-electron chi connectivity index (χ3n) is 5.92. The molecule has 0 radical (unpaired) electrons. The number of ether oxygens (including phenoxy) is 1. The van der Waals surface area contributed by atoms with Crippen molar-refractivity contribution in [3.05, 3.63) is 28.8 Å². The lowest BCUT2D eigenvalue weighted by atomic mass is 9.90. The predicted octanol–water partition coefficient (Wildman–Crippen LogP) is 4.11. The number of nitrogen functional groups attached to an aromatic ring is 1. The van der Waals surface area contributed by atoms with Crippen molar-refractivity contribution in [2.24, 2.45) is 5.41 Å². The Morgan fingerprint density at radius 3 is 2.65 bits per heavy atom. The van der Waals surface area contributed by atoms with Gasteiger partial charge < -0.3 is 15.4 Å². The van der Waals surface area contributed by atoms with E-state index >= 15 is 0 Å². The standard InChI is InChI=1S/C22H31N3O/c1-15-11-16-17-13-22(2,3)14-18(17)21(23)24-19(16)12-20(15)26-10-6-9-25-7-4-5-8-25/h11-12H,4-10,13-14H2,1-3H3,(H2,23,24). The average Bonchev–Trinajstić information content (AvgIpc) is 3.20. The van der Waals surface area contributed by atoms with Crippen LogP contribution in [0.2, 0.25) is 0 Å². The average molecular weight is 354 g/mol. The van der Waals surface area contributed by atoms with Gasteiger partial charge in [0.05, 0.1) is 12.1 Å². The molecule has 0 amide bonds. The first-order chi connectivity index (χ1) is 12.4. The van der Waals surface area contributed by atoms with Gasteiger partial charge in [0.2, 0.25) is 0 Å². The zero-order chi connectivity index (χ0) is 18.3. The minimum Gasteiger partial charge on any atom is -0.493 e. The van der Waals surface area contributed by atoms with Gasteiger partial charge in [-0.05, 0) is 80.3 Å². The Labute approximate surface area is 156 Å². The van der Waals surface area contributed by atoms with E-state index in [0.717, 1.165) is 43.7 Å². The summed E-state index contributed by atoms with van der Waals surface area (Å²) in [5.74, 6) is 1.64. The topological polar surface area (TPSA) is 51.4 Å². The number of hydrogen-bond donors (Lipinski definition) is 1. The molecule has 0 unspecified atom stereocenters. The summed E-state index contributed by atoms with van der Waals surface area (Å²) in [6.07, 6.45) is 5.86. The highest BCUT2D eigenvalue weighted by Crippen LogP contribution is 2.42. The van der Waals surface area contributed by atoms with E-state index in [-0.39, 0.29) is 5.41 Å². The number of pyridine rings is 1. The molecule has 1 aliphatic heterocycles. The normalized spacial score (nSPS) is 19.2. The van der Waals surface area contributed by atoms with Crippen molar-refractivity contribution >= 4 is 16.7 Å². The number of aromatic nitrogens is 1. The Morgan fingerprint density at radius 1 is 1.15 bits per heavy atom. The fourth-order valence-corrected chi connectivity index (χ4v) is 4.58.